The molecule has 0 aromatic heterocycles. The van der Waals surface area contributed by atoms with E-state index in [1.54, 1.807) is 0 Å². The predicted octanol–water partition coefficient (Wildman–Crippen LogP) is 2.65. The molecule has 0 spiro atoms. The number of piperidine rings is 1. The lowest BCUT2D eigenvalue weighted by Crippen LogP contribution is -2.46. The third-order valence-electron chi connectivity index (χ3n) is 5.84. The second kappa shape index (κ2) is 6.58. The summed E-state index contributed by atoms with van der Waals surface area (Å²) in [5, 5.41) is 0. The van der Waals surface area contributed by atoms with E-state index in [-0.39, 0.29) is 23.7 Å². The van der Waals surface area contributed by atoms with Crippen LogP contribution in [0.15, 0.2) is 30.3 Å². The number of nitrogens with zero attached hydrogens (tertiary/aromatic N) is 2. The lowest BCUT2D eigenvalue weighted by Gasteiger charge is -2.34. The molecule has 4 nitrogen and oxygen atoms in total. The summed E-state index contributed by atoms with van der Waals surface area (Å²) >= 11 is 0. The molecule has 1 aromatic rings. The first-order valence-corrected chi connectivity index (χ1v) is 9.36. The van der Waals surface area contributed by atoms with Gasteiger partial charge in [0.05, 0.1) is 5.92 Å². The summed E-state index contributed by atoms with van der Waals surface area (Å²) in [6, 6.07) is 10.3. The van der Waals surface area contributed by atoms with Crippen molar-refractivity contribution in [1.82, 2.24) is 9.80 Å². The number of carbonyl (C=O) groups is 2. The van der Waals surface area contributed by atoms with Gasteiger partial charge in [0.25, 0.3) is 0 Å². The molecular formula is C20H26N2O2. The maximum absolute atomic E-state index is 12.8. The molecule has 2 aliphatic heterocycles. The van der Waals surface area contributed by atoms with Crippen LogP contribution in [-0.2, 0) is 9.59 Å². The maximum atomic E-state index is 12.8. The van der Waals surface area contributed by atoms with Crippen LogP contribution in [0.25, 0.3) is 0 Å². The van der Waals surface area contributed by atoms with Crippen LogP contribution in [0.2, 0.25) is 0 Å². The standard InChI is InChI=1S/C20H26N2O2/c23-19(21-10-4-5-11-21)16-9-6-12-22(14-16)20(24)18-13-17(18)15-7-2-1-3-8-15/h1-3,7-8,16-18H,4-6,9-14H2/t16-,17+,18-/m1/s1. The molecule has 2 heterocycles. The summed E-state index contributed by atoms with van der Waals surface area (Å²) in [6.45, 7) is 3.26. The van der Waals surface area contributed by atoms with Gasteiger partial charge < -0.3 is 9.80 Å². The van der Waals surface area contributed by atoms with E-state index < -0.39 is 0 Å². The van der Waals surface area contributed by atoms with Gasteiger partial charge >= 0.3 is 0 Å². The molecule has 0 radical (unpaired) electrons. The Hall–Kier alpha value is -1.84. The van der Waals surface area contributed by atoms with Gasteiger partial charge in [-0.05, 0) is 43.6 Å². The Kier molecular flexibility index (Phi) is 4.30. The van der Waals surface area contributed by atoms with Crippen molar-refractivity contribution in [3.8, 4) is 0 Å². The molecule has 1 aromatic carbocycles. The highest BCUT2D eigenvalue weighted by atomic mass is 16.2. The summed E-state index contributed by atoms with van der Waals surface area (Å²) in [7, 11) is 0. The Bertz CT molecular complexity index is 609. The first kappa shape index (κ1) is 15.7. The van der Waals surface area contributed by atoms with Gasteiger partial charge in [0.15, 0.2) is 0 Å². The zero-order chi connectivity index (χ0) is 16.5. The van der Waals surface area contributed by atoms with Crippen LogP contribution in [-0.4, -0.2) is 47.8 Å². The first-order valence-electron chi connectivity index (χ1n) is 9.36. The minimum Gasteiger partial charge on any atom is -0.342 e. The third-order valence-corrected chi connectivity index (χ3v) is 5.84. The number of amides is 2. The fourth-order valence-electron chi connectivity index (χ4n) is 4.35. The Morgan fingerprint density at radius 2 is 1.58 bits per heavy atom. The Balaban J connectivity index is 1.36. The molecular weight excluding hydrogens is 300 g/mol. The van der Waals surface area contributed by atoms with Crippen molar-refractivity contribution in [3.63, 3.8) is 0 Å². The van der Waals surface area contributed by atoms with E-state index in [1.165, 1.54) is 5.56 Å². The van der Waals surface area contributed by atoms with Crippen LogP contribution in [0.1, 0.15) is 43.6 Å². The second-order valence-electron chi connectivity index (χ2n) is 7.52. The largest absolute Gasteiger partial charge is 0.342 e. The van der Waals surface area contributed by atoms with E-state index in [0.717, 1.165) is 51.7 Å². The third kappa shape index (κ3) is 3.06. The van der Waals surface area contributed by atoms with Gasteiger partial charge in [0, 0.05) is 32.1 Å². The Morgan fingerprint density at radius 3 is 2.33 bits per heavy atom. The molecule has 2 amide bonds. The fraction of sp³-hybridized carbons (Fsp3) is 0.600. The van der Waals surface area contributed by atoms with Crippen molar-refractivity contribution in [2.45, 2.75) is 38.0 Å². The normalized spacial score (nSPS) is 29.6. The van der Waals surface area contributed by atoms with E-state index in [9.17, 15) is 9.59 Å². The van der Waals surface area contributed by atoms with Gasteiger partial charge in [-0.3, -0.25) is 9.59 Å². The van der Waals surface area contributed by atoms with Crippen molar-refractivity contribution >= 4 is 11.8 Å². The van der Waals surface area contributed by atoms with Crippen LogP contribution >= 0.6 is 0 Å². The van der Waals surface area contributed by atoms with Gasteiger partial charge in [0.2, 0.25) is 11.8 Å². The molecule has 3 aliphatic rings. The molecule has 1 saturated carbocycles. The smallest absolute Gasteiger partial charge is 0.227 e. The van der Waals surface area contributed by atoms with Gasteiger partial charge in [-0.2, -0.15) is 0 Å². The van der Waals surface area contributed by atoms with Crippen LogP contribution in [0.4, 0.5) is 0 Å². The number of benzene rings is 1. The van der Waals surface area contributed by atoms with Gasteiger partial charge in [-0.15, -0.1) is 0 Å². The monoisotopic (exact) mass is 326 g/mol. The van der Waals surface area contributed by atoms with E-state index in [4.69, 9.17) is 0 Å². The van der Waals surface area contributed by atoms with E-state index in [2.05, 4.69) is 12.1 Å². The number of rotatable bonds is 3. The molecule has 0 bridgehead atoms. The van der Waals surface area contributed by atoms with Gasteiger partial charge in [0.1, 0.15) is 0 Å². The predicted molar refractivity (Wildman–Crippen MR) is 92.4 cm³/mol. The van der Waals surface area contributed by atoms with Gasteiger partial charge in [-0.1, -0.05) is 30.3 Å². The number of hydrogen-bond acceptors (Lipinski definition) is 2. The Labute approximate surface area is 143 Å². The van der Waals surface area contributed by atoms with E-state index in [0.29, 0.717) is 12.5 Å². The number of hydrogen-bond donors (Lipinski definition) is 0. The zero-order valence-corrected chi connectivity index (χ0v) is 14.2. The number of carbonyl (C=O) groups excluding carboxylic acids is 2. The molecule has 128 valence electrons. The average molecular weight is 326 g/mol. The van der Waals surface area contributed by atoms with Crippen LogP contribution in [0, 0.1) is 11.8 Å². The molecule has 4 rings (SSSR count). The van der Waals surface area contributed by atoms with Crippen molar-refractivity contribution in [1.29, 1.82) is 0 Å². The van der Waals surface area contributed by atoms with Crippen LogP contribution in [0.3, 0.4) is 0 Å². The molecule has 3 atom stereocenters. The zero-order valence-electron chi connectivity index (χ0n) is 14.2. The van der Waals surface area contributed by atoms with E-state index in [1.807, 2.05) is 28.0 Å². The number of likely N-dealkylation sites (tertiary alicyclic amines) is 2. The lowest BCUT2D eigenvalue weighted by molar-refractivity contribution is -0.140. The highest BCUT2D eigenvalue weighted by Crippen LogP contribution is 2.48. The molecule has 4 heteroatoms. The quantitative estimate of drug-likeness (QED) is 0.857. The first-order chi connectivity index (χ1) is 11.7. The summed E-state index contributed by atoms with van der Waals surface area (Å²) in [4.78, 5) is 29.4. The lowest BCUT2D eigenvalue weighted by atomic mass is 9.96. The molecule has 2 saturated heterocycles. The van der Waals surface area contributed by atoms with E-state index >= 15 is 0 Å². The average Bonchev–Trinajstić information content (AvgIpc) is 3.26. The minimum absolute atomic E-state index is 0.0229. The molecule has 24 heavy (non-hydrogen) atoms. The van der Waals surface area contributed by atoms with Gasteiger partial charge in [-0.25, -0.2) is 0 Å². The summed E-state index contributed by atoms with van der Waals surface area (Å²) in [5.41, 5.74) is 1.28. The van der Waals surface area contributed by atoms with Crippen LogP contribution < -0.4 is 0 Å². The van der Waals surface area contributed by atoms with Crippen LogP contribution in [0.5, 0.6) is 0 Å². The highest BCUT2D eigenvalue weighted by molar-refractivity contribution is 5.85. The minimum atomic E-state index is 0.0229. The summed E-state index contributed by atoms with van der Waals surface area (Å²) in [5.74, 6) is 1.08. The summed E-state index contributed by atoms with van der Waals surface area (Å²) < 4.78 is 0. The van der Waals surface area contributed by atoms with Crippen molar-refractivity contribution in [2.24, 2.45) is 11.8 Å². The summed E-state index contributed by atoms with van der Waals surface area (Å²) in [6.07, 6.45) is 5.11. The fourth-order valence-corrected chi connectivity index (χ4v) is 4.35. The highest BCUT2D eigenvalue weighted by Gasteiger charge is 2.46. The molecule has 3 fully saturated rings. The molecule has 0 unspecified atom stereocenters. The molecule has 0 N–H and O–H groups in total. The van der Waals surface area contributed by atoms with Crippen molar-refractivity contribution in [2.75, 3.05) is 26.2 Å². The maximum Gasteiger partial charge on any atom is 0.227 e. The Morgan fingerprint density at radius 1 is 0.875 bits per heavy atom. The molecule has 1 aliphatic carbocycles. The topological polar surface area (TPSA) is 40.6 Å². The van der Waals surface area contributed by atoms with Crippen molar-refractivity contribution < 1.29 is 9.59 Å². The SMILES string of the molecule is O=C([C@@H]1CCCN(C(=O)[C@@H]2C[C@H]2c2ccccc2)C1)N1CCCC1. The van der Waals surface area contributed by atoms with Crippen molar-refractivity contribution in [3.05, 3.63) is 35.9 Å². The second-order valence-corrected chi connectivity index (χ2v) is 7.52.